The van der Waals surface area contributed by atoms with E-state index in [0.717, 1.165) is 12.5 Å². The molecule has 0 aromatic rings. The molecule has 0 aromatic carbocycles. The molecule has 1 atom stereocenters. The average molecular weight is 224 g/mol. The van der Waals surface area contributed by atoms with Crippen molar-refractivity contribution < 1.29 is 0 Å². The van der Waals surface area contributed by atoms with Crippen molar-refractivity contribution in [2.75, 3.05) is 19.6 Å². The fraction of sp³-hybridized carbons (Fsp3) is 1.00. The van der Waals surface area contributed by atoms with Crippen molar-refractivity contribution >= 4 is 0 Å². The second kappa shape index (κ2) is 5.50. The molecule has 2 nitrogen and oxygen atoms in total. The van der Waals surface area contributed by atoms with Crippen LogP contribution in [-0.4, -0.2) is 30.1 Å². The number of likely N-dealkylation sites (tertiary alicyclic amines) is 1. The van der Waals surface area contributed by atoms with E-state index in [0.29, 0.717) is 0 Å². The summed E-state index contributed by atoms with van der Waals surface area (Å²) in [6.45, 7) is 6.07. The maximum Gasteiger partial charge on any atom is 0.0283 e. The zero-order chi connectivity index (χ0) is 11.4. The molecule has 1 saturated heterocycles. The van der Waals surface area contributed by atoms with Crippen molar-refractivity contribution in [3.8, 4) is 0 Å². The first kappa shape index (κ1) is 12.4. The number of hydrogen-bond donors (Lipinski definition) is 1. The zero-order valence-corrected chi connectivity index (χ0v) is 10.9. The summed E-state index contributed by atoms with van der Waals surface area (Å²) in [5, 5.41) is 0. The van der Waals surface area contributed by atoms with Gasteiger partial charge in [-0.05, 0) is 51.1 Å². The van der Waals surface area contributed by atoms with Crippen LogP contribution in [0.15, 0.2) is 0 Å². The van der Waals surface area contributed by atoms with Gasteiger partial charge in [0.05, 0.1) is 0 Å². The van der Waals surface area contributed by atoms with Crippen LogP contribution in [0, 0.1) is 5.92 Å². The lowest BCUT2D eigenvalue weighted by molar-refractivity contribution is 0.213. The second-order valence-electron chi connectivity index (χ2n) is 6.05. The topological polar surface area (TPSA) is 29.3 Å². The number of hydrogen-bond acceptors (Lipinski definition) is 2. The molecule has 1 saturated carbocycles. The van der Waals surface area contributed by atoms with E-state index in [2.05, 4.69) is 11.8 Å². The third-order valence-corrected chi connectivity index (χ3v) is 4.66. The highest BCUT2D eigenvalue weighted by Crippen LogP contribution is 2.29. The zero-order valence-electron chi connectivity index (χ0n) is 10.9. The smallest absolute Gasteiger partial charge is 0.0283 e. The summed E-state index contributed by atoms with van der Waals surface area (Å²) in [7, 11) is 0. The van der Waals surface area contributed by atoms with Crippen molar-refractivity contribution in [3.63, 3.8) is 0 Å². The van der Waals surface area contributed by atoms with Crippen LogP contribution in [0.3, 0.4) is 0 Å². The van der Waals surface area contributed by atoms with E-state index in [9.17, 15) is 0 Å². The number of nitrogens with zero attached hydrogens (tertiary/aromatic N) is 1. The first-order valence-electron chi connectivity index (χ1n) is 7.23. The maximum absolute atomic E-state index is 6.47. The monoisotopic (exact) mass is 224 g/mol. The molecule has 0 aromatic heterocycles. The van der Waals surface area contributed by atoms with Gasteiger partial charge in [-0.2, -0.15) is 0 Å². The molecular formula is C14H28N2. The Kier molecular flexibility index (Phi) is 4.26. The molecule has 2 heteroatoms. The van der Waals surface area contributed by atoms with Crippen molar-refractivity contribution in [3.05, 3.63) is 0 Å². The third-order valence-electron chi connectivity index (χ3n) is 4.66. The molecule has 94 valence electrons. The van der Waals surface area contributed by atoms with E-state index in [1.807, 2.05) is 0 Å². The lowest BCUT2D eigenvalue weighted by atomic mass is 9.97. The van der Waals surface area contributed by atoms with Gasteiger partial charge in [0.15, 0.2) is 0 Å². The molecule has 2 aliphatic rings. The minimum Gasteiger partial charge on any atom is -0.324 e. The van der Waals surface area contributed by atoms with E-state index in [1.54, 1.807) is 0 Å². The Bertz CT molecular complexity index is 209. The van der Waals surface area contributed by atoms with Crippen LogP contribution in [0.25, 0.3) is 0 Å². The molecule has 1 aliphatic carbocycles. The largest absolute Gasteiger partial charge is 0.324 e. The Morgan fingerprint density at radius 2 is 1.88 bits per heavy atom. The summed E-state index contributed by atoms with van der Waals surface area (Å²) in [5.41, 5.74) is 6.63. The normalized spacial score (nSPS) is 31.5. The van der Waals surface area contributed by atoms with E-state index in [4.69, 9.17) is 5.73 Å². The van der Waals surface area contributed by atoms with Crippen LogP contribution in [0.4, 0.5) is 0 Å². The van der Waals surface area contributed by atoms with Crippen LogP contribution in [0.1, 0.15) is 58.3 Å². The molecule has 2 N–H and O–H groups in total. The molecule has 0 amide bonds. The summed E-state index contributed by atoms with van der Waals surface area (Å²) in [5.74, 6) is 0.974. The van der Waals surface area contributed by atoms with Crippen LogP contribution >= 0.6 is 0 Å². The SMILES string of the molecule is CCC1CCCN(CC2(N)CCCC2)CC1. The van der Waals surface area contributed by atoms with Crippen LogP contribution in [0.5, 0.6) is 0 Å². The summed E-state index contributed by atoms with van der Waals surface area (Å²) in [6, 6.07) is 0. The van der Waals surface area contributed by atoms with Gasteiger partial charge in [0.2, 0.25) is 0 Å². The Hall–Kier alpha value is -0.0800. The molecule has 16 heavy (non-hydrogen) atoms. The number of nitrogens with two attached hydrogens (primary N) is 1. The van der Waals surface area contributed by atoms with Crippen molar-refractivity contribution in [2.24, 2.45) is 11.7 Å². The van der Waals surface area contributed by atoms with Gasteiger partial charge in [0, 0.05) is 12.1 Å². The van der Waals surface area contributed by atoms with E-state index >= 15 is 0 Å². The molecule has 0 spiro atoms. The minimum atomic E-state index is 0.159. The third kappa shape index (κ3) is 3.21. The fourth-order valence-electron chi connectivity index (χ4n) is 3.47. The van der Waals surface area contributed by atoms with E-state index in [1.165, 1.54) is 64.5 Å². The molecule has 1 aliphatic heterocycles. The van der Waals surface area contributed by atoms with Gasteiger partial charge in [0.25, 0.3) is 0 Å². The van der Waals surface area contributed by atoms with E-state index in [-0.39, 0.29) is 5.54 Å². The van der Waals surface area contributed by atoms with Gasteiger partial charge < -0.3 is 10.6 Å². The Morgan fingerprint density at radius 1 is 1.12 bits per heavy atom. The predicted molar refractivity (Wildman–Crippen MR) is 69.5 cm³/mol. The predicted octanol–water partition coefficient (Wildman–Crippen LogP) is 2.77. The summed E-state index contributed by atoms with van der Waals surface area (Å²) < 4.78 is 0. The van der Waals surface area contributed by atoms with Gasteiger partial charge in [-0.1, -0.05) is 26.2 Å². The van der Waals surface area contributed by atoms with Crippen molar-refractivity contribution in [1.82, 2.24) is 4.90 Å². The number of rotatable bonds is 3. The van der Waals surface area contributed by atoms with Gasteiger partial charge in [-0.15, -0.1) is 0 Å². The minimum absolute atomic E-state index is 0.159. The fourth-order valence-corrected chi connectivity index (χ4v) is 3.47. The van der Waals surface area contributed by atoms with Gasteiger partial charge in [-0.3, -0.25) is 0 Å². The standard InChI is InChI=1S/C14H28N2/c1-2-13-6-5-10-16(11-7-13)12-14(15)8-3-4-9-14/h13H,2-12,15H2,1H3. The highest BCUT2D eigenvalue weighted by Gasteiger charge is 2.31. The quantitative estimate of drug-likeness (QED) is 0.798. The molecular weight excluding hydrogens is 196 g/mol. The molecule has 1 unspecified atom stereocenters. The van der Waals surface area contributed by atoms with Crippen LogP contribution in [-0.2, 0) is 0 Å². The summed E-state index contributed by atoms with van der Waals surface area (Å²) in [4.78, 5) is 2.64. The molecule has 2 rings (SSSR count). The van der Waals surface area contributed by atoms with Gasteiger partial charge in [-0.25, -0.2) is 0 Å². The van der Waals surface area contributed by atoms with Crippen molar-refractivity contribution in [1.29, 1.82) is 0 Å². The lowest BCUT2D eigenvalue weighted by Crippen LogP contribution is -2.48. The van der Waals surface area contributed by atoms with Gasteiger partial charge in [0.1, 0.15) is 0 Å². The molecule has 0 radical (unpaired) electrons. The molecule has 2 fully saturated rings. The molecule has 0 bridgehead atoms. The Balaban J connectivity index is 1.81. The van der Waals surface area contributed by atoms with Gasteiger partial charge >= 0.3 is 0 Å². The molecule has 1 heterocycles. The summed E-state index contributed by atoms with van der Waals surface area (Å²) in [6.07, 6.45) is 10.8. The maximum atomic E-state index is 6.47. The first-order chi connectivity index (χ1) is 7.72. The average Bonchev–Trinajstić information content (AvgIpc) is 2.57. The highest BCUT2D eigenvalue weighted by atomic mass is 15.1. The second-order valence-corrected chi connectivity index (χ2v) is 6.05. The summed E-state index contributed by atoms with van der Waals surface area (Å²) >= 11 is 0. The van der Waals surface area contributed by atoms with Crippen molar-refractivity contribution in [2.45, 2.75) is 63.8 Å². The Labute approximate surface area is 101 Å². The van der Waals surface area contributed by atoms with Crippen LogP contribution in [0.2, 0.25) is 0 Å². The van der Waals surface area contributed by atoms with Crippen LogP contribution < -0.4 is 5.73 Å². The van der Waals surface area contributed by atoms with E-state index < -0.39 is 0 Å². The highest BCUT2D eigenvalue weighted by molar-refractivity contribution is 4.92. The Morgan fingerprint density at radius 3 is 2.56 bits per heavy atom. The first-order valence-corrected chi connectivity index (χ1v) is 7.23. The lowest BCUT2D eigenvalue weighted by Gasteiger charge is -2.31.